The Labute approximate surface area is 178 Å². The average molecular weight is 415 g/mol. The number of ether oxygens (including phenoxy) is 2. The molecule has 2 N–H and O–H groups in total. The summed E-state index contributed by atoms with van der Waals surface area (Å²) in [4.78, 5) is 12.1. The molecule has 0 aliphatic heterocycles. The fraction of sp³-hybridized carbons (Fsp3) is 0.391. The molecule has 0 aliphatic carbocycles. The topological polar surface area (TPSA) is 59.6 Å². The molecule has 5 nitrogen and oxygen atoms in total. The second-order valence-corrected chi connectivity index (χ2v) is 7.64. The van der Waals surface area contributed by atoms with Crippen LogP contribution in [0.2, 0.25) is 0 Å². The highest BCUT2D eigenvalue weighted by Crippen LogP contribution is 2.28. The third-order valence-electron chi connectivity index (χ3n) is 4.37. The Morgan fingerprint density at radius 1 is 1.07 bits per heavy atom. The van der Waals surface area contributed by atoms with Gasteiger partial charge in [0.2, 0.25) is 5.91 Å². The van der Waals surface area contributed by atoms with Gasteiger partial charge in [-0.1, -0.05) is 50.2 Å². The lowest BCUT2D eigenvalue weighted by atomic mass is 10.1. The largest absolute Gasteiger partial charge is 0.493 e. The van der Waals surface area contributed by atoms with Gasteiger partial charge in [-0.05, 0) is 54.2 Å². The molecule has 29 heavy (non-hydrogen) atoms. The minimum atomic E-state index is -0.0992. The maximum absolute atomic E-state index is 12.1. The maximum atomic E-state index is 12.1. The normalized spacial score (nSPS) is 10.5. The van der Waals surface area contributed by atoms with Crippen molar-refractivity contribution in [3.8, 4) is 11.5 Å². The fourth-order valence-electron chi connectivity index (χ4n) is 2.66. The van der Waals surface area contributed by atoms with E-state index in [0.717, 1.165) is 23.3 Å². The second-order valence-electron chi connectivity index (χ2n) is 7.23. The van der Waals surface area contributed by atoms with Gasteiger partial charge in [0.1, 0.15) is 0 Å². The Kier molecular flexibility index (Phi) is 9.44. The summed E-state index contributed by atoms with van der Waals surface area (Å²) in [5.74, 6) is 1.91. The predicted octanol–water partition coefficient (Wildman–Crippen LogP) is 4.24. The Hall–Kier alpha value is -2.60. The molecule has 0 saturated carbocycles. The summed E-state index contributed by atoms with van der Waals surface area (Å²) in [6.07, 6.45) is 2.07. The summed E-state index contributed by atoms with van der Waals surface area (Å²) in [5, 5.41) is 6.10. The van der Waals surface area contributed by atoms with Gasteiger partial charge in [0, 0.05) is 13.0 Å². The van der Waals surface area contributed by atoms with Crippen LogP contribution in [0.4, 0.5) is 0 Å². The molecule has 0 aliphatic rings. The van der Waals surface area contributed by atoms with Gasteiger partial charge in [-0.25, -0.2) is 0 Å². The first kappa shape index (κ1) is 22.7. The minimum absolute atomic E-state index is 0.0992. The summed E-state index contributed by atoms with van der Waals surface area (Å²) in [5.41, 5.74) is 2.11. The molecule has 0 atom stereocenters. The summed E-state index contributed by atoms with van der Waals surface area (Å²) < 4.78 is 11.2. The number of benzene rings is 2. The monoisotopic (exact) mass is 414 g/mol. The van der Waals surface area contributed by atoms with Gasteiger partial charge in [-0.2, -0.15) is 0 Å². The van der Waals surface area contributed by atoms with Crippen molar-refractivity contribution in [2.75, 3.05) is 13.7 Å². The van der Waals surface area contributed by atoms with Crippen molar-refractivity contribution in [1.82, 2.24) is 10.6 Å². The lowest BCUT2D eigenvalue weighted by Gasteiger charge is -2.14. The van der Waals surface area contributed by atoms with Crippen LogP contribution in [-0.4, -0.2) is 24.7 Å². The highest BCUT2D eigenvalue weighted by atomic mass is 32.1. The zero-order valence-electron chi connectivity index (χ0n) is 17.4. The summed E-state index contributed by atoms with van der Waals surface area (Å²) in [6, 6.07) is 15.7. The molecule has 0 bridgehead atoms. The predicted molar refractivity (Wildman–Crippen MR) is 120 cm³/mol. The Morgan fingerprint density at radius 2 is 1.83 bits per heavy atom. The highest BCUT2D eigenvalue weighted by molar-refractivity contribution is 7.80. The zero-order valence-corrected chi connectivity index (χ0v) is 18.2. The van der Waals surface area contributed by atoms with E-state index in [1.54, 1.807) is 7.11 Å². The zero-order chi connectivity index (χ0) is 21.1. The molecule has 0 saturated heterocycles. The van der Waals surface area contributed by atoms with Crippen molar-refractivity contribution >= 4 is 23.2 Å². The van der Waals surface area contributed by atoms with Gasteiger partial charge < -0.3 is 20.1 Å². The van der Waals surface area contributed by atoms with Crippen LogP contribution in [0.25, 0.3) is 0 Å². The van der Waals surface area contributed by atoms with Crippen molar-refractivity contribution in [1.29, 1.82) is 0 Å². The molecule has 0 fully saturated rings. The third-order valence-corrected chi connectivity index (χ3v) is 4.62. The molecule has 2 aromatic carbocycles. The molecule has 0 unspecified atom stereocenters. The molecule has 0 heterocycles. The minimum Gasteiger partial charge on any atom is -0.493 e. The number of hydrogen-bond acceptors (Lipinski definition) is 4. The maximum Gasteiger partial charge on any atom is 0.226 e. The fourth-order valence-corrected chi connectivity index (χ4v) is 2.85. The van der Waals surface area contributed by atoms with E-state index in [0.29, 0.717) is 42.8 Å². The molecule has 0 spiro atoms. The van der Waals surface area contributed by atoms with Crippen LogP contribution in [-0.2, 0) is 17.8 Å². The summed E-state index contributed by atoms with van der Waals surface area (Å²) in [6.45, 7) is 5.47. The standard InChI is InChI=1S/C23H30N2O3S/c1-17(2)13-14-28-20-11-9-19(15-21(20)27-3)16-24-23(29)25-22(26)12-10-18-7-5-4-6-8-18/h4-9,11,15,17H,10,12-14,16H2,1-3H3,(H2,24,25,26,29). The third kappa shape index (κ3) is 8.52. The Balaban J connectivity index is 1.77. The quantitative estimate of drug-likeness (QED) is 0.570. The molecular formula is C23H30N2O3S. The van der Waals surface area contributed by atoms with E-state index < -0.39 is 0 Å². The van der Waals surface area contributed by atoms with E-state index in [1.807, 2.05) is 48.5 Å². The summed E-state index contributed by atoms with van der Waals surface area (Å²) in [7, 11) is 1.62. The van der Waals surface area contributed by atoms with Gasteiger partial charge in [0.15, 0.2) is 16.6 Å². The van der Waals surface area contributed by atoms with E-state index in [-0.39, 0.29) is 5.91 Å². The smallest absolute Gasteiger partial charge is 0.226 e. The van der Waals surface area contributed by atoms with Crippen molar-refractivity contribution < 1.29 is 14.3 Å². The lowest BCUT2D eigenvalue weighted by Crippen LogP contribution is -2.38. The van der Waals surface area contributed by atoms with Crippen LogP contribution in [0.1, 0.15) is 37.8 Å². The number of amides is 1. The van der Waals surface area contributed by atoms with Crippen molar-refractivity contribution in [3.63, 3.8) is 0 Å². The van der Waals surface area contributed by atoms with Crippen LogP contribution >= 0.6 is 12.2 Å². The van der Waals surface area contributed by atoms with E-state index in [1.165, 1.54) is 0 Å². The van der Waals surface area contributed by atoms with Gasteiger partial charge >= 0.3 is 0 Å². The first-order valence-corrected chi connectivity index (χ1v) is 10.3. The van der Waals surface area contributed by atoms with E-state index in [9.17, 15) is 4.79 Å². The number of aryl methyl sites for hydroxylation is 1. The van der Waals surface area contributed by atoms with Gasteiger partial charge in [0.25, 0.3) is 0 Å². The number of thiocarbonyl (C=S) groups is 1. The van der Waals surface area contributed by atoms with Crippen LogP contribution in [0, 0.1) is 5.92 Å². The van der Waals surface area contributed by atoms with E-state index >= 15 is 0 Å². The molecule has 2 rings (SSSR count). The van der Waals surface area contributed by atoms with Gasteiger partial charge in [-0.3, -0.25) is 4.79 Å². The van der Waals surface area contributed by atoms with Crippen LogP contribution in [0.5, 0.6) is 11.5 Å². The number of rotatable bonds is 10. The van der Waals surface area contributed by atoms with Crippen molar-refractivity contribution in [3.05, 3.63) is 59.7 Å². The second kappa shape index (κ2) is 12.1. The number of hydrogen-bond donors (Lipinski definition) is 2. The molecule has 2 aromatic rings. The Bertz CT molecular complexity index is 794. The SMILES string of the molecule is COc1cc(CNC(=S)NC(=O)CCc2ccccc2)ccc1OCCC(C)C. The molecule has 0 aromatic heterocycles. The number of methoxy groups -OCH3 is 1. The lowest BCUT2D eigenvalue weighted by molar-refractivity contribution is -0.119. The van der Waals surface area contributed by atoms with E-state index in [4.69, 9.17) is 21.7 Å². The molecule has 156 valence electrons. The van der Waals surface area contributed by atoms with E-state index in [2.05, 4.69) is 24.5 Å². The first-order chi connectivity index (χ1) is 14.0. The average Bonchev–Trinajstić information content (AvgIpc) is 2.72. The van der Waals surface area contributed by atoms with Gasteiger partial charge in [-0.15, -0.1) is 0 Å². The summed E-state index contributed by atoms with van der Waals surface area (Å²) >= 11 is 5.23. The Morgan fingerprint density at radius 3 is 2.52 bits per heavy atom. The molecular weight excluding hydrogens is 384 g/mol. The first-order valence-electron chi connectivity index (χ1n) is 9.89. The number of carbonyl (C=O) groups is 1. The van der Waals surface area contributed by atoms with Crippen LogP contribution in [0.3, 0.4) is 0 Å². The van der Waals surface area contributed by atoms with Crippen LogP contribution < -0.4 is 20.1 Å². The molecule has 1 amide bonds. The molecule has 0 radical (unpaired) electrons. The highest BCUT2D eigenvalue weighted by Gasteiger charge is 2.08. The number of carbonyl (C=O) groups excluding carboxylic acids is 1. The molecule has 6 heteroatoms. The van der Waals surface area contributed by atoms with Crippen molar-refractivity contribution in [2.24, 2.45) is 5.92 Å². The van der Waals surface area contributed by atoms with Gasteiger partial charge in [0.05, 0.1) is 13.7 Å². The van der Waals surface area contributed by atoms with Crippen LogP contribution in [0.15, 0.2) is 48.5 Å². The number of nitrogens with one attached hydrogen (secondary N) is 2. The van der Waals surface area contributed by atoms with Crippen molar-refractivity contribution in [2.45, 2.75) is 39.7 Å².